The second-order valence-corrected chi connectivity index (χ2v) is 7.33. The Kier molecular flexibility index (Phi) is 5.61. The fraction of sp³-hybridized carbons (Fsp3) is 0.667. The van der Waals surface area contributed by atoms with Crippen LogP contribution >= 0.6 is 0 Å². The lowest BCUT2D eigenvalue weighted by molar-refractivity contribution is -0.0687. The Morgan fingerprint density at radius 2 is 1.82 bits per heavy atom. The third-order valence-electron chi connectivity index (χ3n) is 4.38. The Morgan fingerprint density at radius 3 is 2.41 bits per heavy atom. The molecular formula is C18H29NO3. The van der Waals surface area contributed by atoms with Crippen molar-refractivity contribution < 1.29 is 15.3 Å². The van der Waals surface area contributed by atoms with Gasteiger partial charge >= 0.3 is 0 Å². The number of hydrogen-bond donors (Lipinski definition) is 3. The second kappa shape index (κ2) is 7.09. The van der Waals surface area contributed by atoms with E-state index in [2.05, 4.69) is 29.2 Å². The van der Waals surface area contributed by atoms with E-state index in [0.29, 0.717) is 13.0 Å². The molecule has 0 unspecified atom stereocenters. The van der Waals surface area contributed by atoms with Crippen LogP contribution in [0.3, 0.4) is 0 Å². The van der Waals surface area contributed by atoms with E-state index in [4.69, 9.17) is 0 Å². The van der Waals surface area contributed by atoms with Crippen molar-refractivity contribution in [1.82, 2.24) is 4.90 Å². The Bertz CT molecular complexity index is 466. The van der Waals surface area contributed by atoms with Crippen LogP contribution in [0.4, 0.5) is 0 Å². The average molecular weight is 307 g/mol. The maximum Gasteiger partial charge on any atom is 0.100 e. The number of hydrogen-bond acceptors (Lipinski definition) is 4. The molecule has 1 atom stereocenters. The number of nitrogens with zero attached hydrogens (tertiary/aromatic N) is 1. The summed E-state index contributed by atoms with van der Waals surface area (Å²) in [6, 6.07) is 8.46. The summed E-state index contributed by atoms with van der Waals surface area (Å²) in [4.78, 5) is 2.20. The predicted octanol–water partition coefficient (Wildman–Crippen LogP) is 1.71. The van der Waals surface area contributed by atoms with E-state index in [1.165, 1.54) is 11.1 Å². The topological polar surface area (TPSA) is 63.9 Å². The number of likely N-dealkylation sites (tertiary alicyclic amines) is 1. The summed E-state index contributed by atoms with van der Waals surface area (Å²) < 4.78 is 0. The first-order chi connectivity index (χ1) is 10.3. The lowest BCUT2D eigenvalue weighted by Crippen LogP contribution is -2.49. The molecule has 4 heteroatoms. The van der Waals surface area contributed by atoms with Crippen molar-refractivity contribution >= 4 is 0 Å². The minimum atomic E-state index is -0.940. The van der Waals surface area contributed by atoms with Gasteiger partial charge in [0.15, 0.2) is 0 Å². The number of aliphatic hydroxyl groups is 3. The standard InChI is InChI=1S/C18H29NO3/c1-17(2,21)10-8-15-4-6-16(7-5-15)12-19-11-3-9-18(22,13-19)14-20/h4-7,20-22H,3,8-14H2,1-2H3/t18-/m1/s1. The van der Waals surface area contributed by atoms with Gasteiger partial charge in [0, 0.05) is 13.1 Å². The Labute approximate surface area is 133 Å². The lowest BCUT2D eigenvalue weighted by Gasteiger charge is -2.38. The molecule has 3 N–H and O–H groups in total. The van der Waals surface area contributed by atoms with Crippen LogP contribution in [0.2, 0.25) is 0 Å². The zero-order chi connectivity index (χ0) is 16.2. The highest BCUT2D eigenvalue weighted by Crippen LogP contribution is 2.22. The molecule has 2 rings (SSSR count). The number of benzene rings is 1. The number of piperidine rings is 1. The fourth-order valence-electron chi connectivity index (χ4n) is 2.99. The van der Waals surface area contributed by atoms with Gasteiger partial charge in [0.25, 0.3) is 0 Å². The van der Waals surface area contributed by atoms with Gasteiger partial charge in [-0.2, -0.15) is 0 Å². The first-order valence-electron chi connectivity index (χ1n) is 8.15. The fourth-order valence-corrected chi connectivity index (χ4v) is 2.99. The van der Waals surface area contributed by atoms with Crippen LogP contribution in [-0.4, -0.2) is 51.1 Å². The number of aliphatic hydroxyl groups excluding tert-OH is 1. The van der Waals surface area contributed by atoms with Gasteiger partial charge in [0.2, 0.25) is 0 Å². The highest BCUT2D eigenvalue weighted by atomic mass is 16.3. The van der Waals surface area contributed by atoms with E-state index in [1.807, 2.05) is 13.8 Å². The van der Waals surface area contributed by atoms with Crippen LogP contribution in [0, 0.1) is 0 Å². The molecule has 124 valence electrons. The van der Waals surface area contributed by atoms with Crippen LogP contribution in [0.25, 0.3) is 0 Å². The molecular weight excluding hydrogens is 278 g/mol. The molecule has 1 saturated heterocycles. The monoisotopic (exact) mass is 307 g/mol. The van der Waals surface area contributed by atoms with Gasteiger partial charge in [-0.05, 0) is 57.2 Å². The SMILES string of the molecule is CC(C)(O)CCc1ccc(CN2CCC[C@](O)(CO)C2)cc1. The molecule has 1 heterocycles. The minimum absolute atomic E-state index is 0.167. The van der Waals surface area contributed by atoms with Gasteiger partial charge in [0.05, 0.1) is 12.2 Å². The summed E-state index contributed by atoms with van der Waals surface area (Å²) in [6.45, 7) is 5.79. The van der Waals surface area contributed by atoms with Gasteiger partial charge in [-0.3, -0.25) is 4.90 Å². The third-order valence-corrected chi connectivity index (χ3v) is 4.38. The summed E-state index contributed by atoms with van der Waals surface area (Å²) in [5.41, 5.74) is 0.886. The zero-order valence-electron chi connectivity index (χ0n) is 13.8. The molecule has 22 heavy (non-hydrogen) atoms. The summed E-state index contributed by atoms with van der Waals surface area (Å²) in [6.07, 6.45) is 3.22. The normalized spacial score (nSPS) is 23.7. The van der Waals surface area contributed by atoms with Crippen molar-refractivity contribution in [3.05, 3.63) is 35.4 Å². The molecule has 1 fully saturated rings. The first-order valence-corrected chi connectivity index (χ1v) is 8.15. The molecule has 0 aliphatic carbocycles. The average Bonchev–Trinajstić information content (AvgIpc) is 2.46. The molecule has 1 aromatic carbocycles. The van der Waals surface area contributed by atoms with Crippen LogP contribution < -0.4 is 0 Å². The van der Waals surface area contributed by atoms with E-state index in [1.54, 1.807) is 0 Å². The highest BCUT2D eigenvalue weighted by Gasteiger charge is 2.32. The van der Waals surface area contributed by atoms with Gasteiger partial charge in [-0.15, -0.1) is 0 Å². The molecule has 0 spiro atoms. The Morgan fingerprint density at radius 1 is 1.18 bits per heavy atom. The van der Waals surface area contributed by atoms with Crippen LogP contribution in [-0.2, 0) is 13.0 Å². The van der Waals surface area contributed by atoms with Gasteiger partial charge < -0.3 is 15.3 Å². The van der Waals surface area contributed by atoms with E-state index in [0.717, 1.165) is 32.4 Å². The van der Waals surface area contributed by atoms with E-state index in [9.17, 15) is 15.3 Å². The Hall–Kier alpha value is -0.940. The summed E-state index contributed by atoms with van der Waals surface area (Å²) >= 11 is 0. The molecule has 0 radical (unpaired) electrons. The van der Waals surface area contributed by atoms with E-state index in [-0.39, 0.29) is 6.61 Å². The predicted molar refractivity (Wildman–Crippen MR) is 87.6 cm³/mol. The molecule has 0 aromatic heterocycles. The quantitative estimate of drug-likeness (QED) is 0.749. The van der Waals surface area contributed by atoms with Gasteiger partial charge in [-0.1, -0.05) is 24.3 Å². The van der Waals surface area contributed by atoms with Crippen LogP contribution in [0.5, 0.6) is 0 Å². The van der Waals surface area contributed by atoms with Gasteiger partial charge in [0.1, 0.15) is 5.60 Å². The number of aryl methyl sites for hydroxylation is 1. The molecule has 4 nitrogen and oxygen atoms in total. The molecule has 1 aliphatic heterocycles. The summed E-state index contributed by atoms with van der Waals surface area (Å²) in [5.74, 6) is 0. The Balaban J connectivity index is 1.88. The smallest absolute Gasteiger partial charge is 0.100 e. The van der Waals surface area contributed by atoms with E-state index < -0.39 is 11.2 Å². The summed E-state index contributed by atoms with van der Waals surface area (Å²) in [5, 5.41) is 29.3. The molecule has 0 saturated carbocycles. The van der Waals surface area contributed by atoms with Crippen molar-refractivity contribution in [3.63, 3.8) is 0 Å². The lowest BCUT2D eigenvalue weighted by atomic mass is 9.93. The largest absolute Gasteiger partial charge is 0.393 e. The van der Waals surface area contributed by atoms with E-state index >= 15 is 0 Å². The molecule has 0 amide bonds. The highest BCUT2D eigenvalue weighted by molar-refractivity contribution is 5.23. The van der Waals surface area contributed by atoms with Crippen LogP contribution in [0.15, 0.2) is 24.3 Å². The number of rotatable bonds is 6. The van der Waals surface area contributed by atoms with Crippen molar-refractivity contribution in [1.29, 1.82) is 0 Å². The minimum Gasteiger partial charge on any atom is -0.393 e. The molecule has 1 aliphatic rings. The molecule has 0 bridgehead atoms. The maximum absolute atomic E-state index is 10.2. The summed E-state index contributed by atoms with van der Waals surface area (Å²) in [7, 11) is 0. The zero-order valence-corrected chi connectivity index (χ0v) is 13.8. The van der Waals surface area contributed by atoms with Crippen molar-refractivity contribution in [2.75, 3.05) is 19.7 Å². The first kappa shape index (κ1) is 17.4. The van der Waals surface area contributed by atoms with Crippen LogP contribution in [0.1, 0.15) is 44.2 Å². The van der Waals surface area contributed by atoms with Crippen molar-refractivity contribution in [2.45, 2.75) is 57.3 Å². The van der Waals surface area contributed by atoms with Crippen molar-refractivity contribution in [3.8, 4) is 0 Å². The molecule has 1 aromatic rings. The number of β-amino-alcohol motifs (C(OH)–C–C–N with tert-alkyl or cyclic N) is 1. The maximum atomic E-state index is 10.2. The third kappa shape index (κ3) is 5.36. The van der Waals surface area contributed by atoms with Crippen molar-refractivity contribution in [2.24, 2.45) is 0 Å². The van der Waals surface area contributed by atoms with Gasteiger partial charge in [-0.25, -0.2) is 0 Å². The second-order valence-electron chi connectivity index (χ2n) is 7.33.